The van der Waals surface area contributed by atoms with E-state index < -0.39 is 19.5 Å². The lowest BCUT2D eigenvalue weighted by Crippen LogP contribution is -2.43. The highest BCUT2D eigenvalue weighted by Crippen LogP contribution is 2.66. The minimum absolute atomic E-state index is 0.00399. The molecule has 7 heteroatoms. The monoisotopic (exact) mass is 417 g/mol. The number of carbonyl (C=O) groups is 2. The summed E-state index contributed by atoms with van der Waals surface area (Å²) >= 11 is 0. The third-order valence-corrected chi connectivity index (χ3v) is 6.95. The Morgan fingerprint density at radius 2 is 1.37 bits per heavy atom. The quantitative estimate of drug-likeness (QED) is 0.653. The maximum absolute atomic E-state index is 13.9. The zero-order valence-corrected chi connectivity index (χ0v) is 16.5. The largest absolute Gasteiger partial charge is 0.615 e. The normalized spacial score (nSPS) is 22.5. The van der Waals surface area contributed by atoms with Crippen LogP contribution in [0.1, 0.15) is 32.1 Å². The van der Waals surface area contributed by atoms with E-state index in [0.717, 1.165) is 0 Å². The van der Waals surface area contributed by atoms with Gasteiger partial charge >= 0.3 is 7.94 Å². The van der Waals surface area contributed by atoms with Gasteiger partial charge < -0.3 is 19.3 Å². The summed E-state index contributed by atoms with van der Waals surface area (Å²) < 4.78 is 11.6. The topological polar surface area (TPSA) is 87.7 Å². The van der Waals surface area contributed by atoms with E-state index in [9.17, 15) is 14.5 Å². The van der Waals surface area contributed by atoms with Crippen molar-refractivity contribution in [1.29, 1.82) is 0 Å². The number of benzene rings is 3. The highest BCUT2D eigenvalue weighted by molar-refractivity contribution is 7.60. The first kappa shape index (κ1) is 18.6. The number of allylic oxidation sites excluding steroid dienone is 2. The molecule has 3 aromatic carbocycles. The predicted octanol–water partition coefficient (Wildman–Crippen LogP) is 3.80. The number of hydrogen-bond acceptors (Lipinski definition) is 6. The van der Waals surface area contributed by atoms with Gasteiger partial charge in [-0.25, -0.2) is 0 Å². The second-order valence-electron chi connectivity index (χ2n) is 6.90. The zero-order chi connectivity index (χ0) is 20.7. The molecular formula is C23H16NO5P. The molecule has 2 atom stereocenters. The summed E-state index contributed by atoms with van der Waals surface area (Å²) in [5.74, 6) is -1.78. The SMILES string of the molecule is O=C1C2=C(O[P+]([O-])(Oc3ccccc3)C(c3ccccc3)N2)C(=O)c2ccccc21. The van der Waals surface area contributed by atoms with Gasteiger partial charge in [-0.2, -0.15) is 0 Å². The molecular weight excluding hydrogens is 401 g/mol. The van der Waals surface area contributed by atoms with Crippen molar-refractivity contribution < 1.29 is 23.5 Å². The van der Waals surface area contributed by atoms with Gasteiger partial charge in [0.15, 0.2) is 5.75 Å². The van der Waals surface area contributed by atoms with Crippen molar-refractivity contribution in [3.63, 3.8) is 0 Å². The van der Waals surface area contributed by atoms with Crippen molar-refractivity contribution in [2.24, 2.45) is 0 Å². The molecule has 0 aromatic heterocycles. The van der Waals surface area contributed by atoms with Crippen LogP contribution < -0.4 is 14.7 Å². The first-order chi connectivity index (χ1) is 14.6. The maximum atomic E-state index is 13.9. The van der Waals surface area contributed by atoms with Crippen molar-refractivity contribution >= 4 is 19.5 Å². The Kier molecular flexibility index (Phi) is 4.39. The number of rotatable bonds is 3. The van der Waals surface area contributed by atoms with Gasteiger partial charge in [0, 0.05) is 16.7 Å². The van der Waals surface area contributed by atoms with Crippen molar-refractivity contribution in [3.05, 3.63) is 113 Å². The third kappa shape index (κ3) is 2.98. The van der Waals surface area contributed by atoms with Gasteiger partial charge in [-0.3, -0.25) is 9.59 Å². The van der Waals surface area contributed by atoms with Crippen molar-refractivity contribution in [1.82, 2.24) is 5.32 Å². The Balaban J connectivity index is 1.62. The number of carbonyl (C=O) groups excluding carboxylic acids is 2. The van der Waals surface area contributed by atoms with E-state index in [1.807, 2.05) is 6.07 Å². The van der Waals surface area contributed by atoms with Gasteiger partial charge in [-0.1, -0.05) is 72.8 Å². The Morgan fingerprint density at radius 1 is 0.800 bits per heavy atom. The molecule has 0 fully saturated rings. The summed E-state index contributed by atoms with van der Waals surface area (Å²) in [7, 11) is -3.97. The van der Waals surface area contributed by atoms with E-state index in [1.54, 1.807) is 78.9 Å². The molecule has 6 nitrogen and oxygen atoms in total. The lowest BCUT2D eigenvalue weighted by molar-refractivity contribution is -0.212. The molecule has 148 valence electrons. The Labute approximate surface area is 173 Å². The average Bonchev–Trinajstić information content (AvgIpc) is 2.78. The number of fused-ring (bicyclic) bond motifs is 1. The highest BCUT2D eigenvalue weighted by Gasteiger charge is 2.54. The molecule has 1 aliphatic heterocycles. The number of nitrogens with one attached hydrogen (secondary N) is 1. The number of para-hydroxylation sites is 1. The van der Waals surface area contributed by atoms with Crippen LogP contribution in [0.25, 0.3) is 0 Å². The van der Waals surface area contributed by atoms with Crippen LogP contribution in [0.15, 0.2) is 96.4 Å². The second-order valence-corrected chi connectivity index (χ2v) is 8.86. The first-order valence-electron chi connectivity index (χ1n) is 9.35. The third-order valence-electron chi connectivity index (χ3n) is 4.98. The van der Waals surface area contributed by atoms with E-state index in [2.05, 4.69) is 5.32 Å². The van der Waals surface area contributed by atoms with Gasteiger partial charge in [-0.05, 0) is 12.1 Å². The van der Waals surface area contributed by atoms with Gasteiger partial charge in [0.05, 0.1) is 0 Å². The van der Waals surface area contributed by atoms with E-state index in [1.165, 1.54) is 0 Å². The molecule has 0 bridgehead atoms. The maximum Gasteiger partial charge on any atom is 0.359 e. The standard InChI is InChI=1S/C23H16NO5P/c25-20-17-13-7-8-14-18(17)21(26)22-19(20)24-23(15-9-3-1-4-10-15)30(27,29-22)28-16-11-5-2-6-12-16/h1-14,23-24H. The van der Waals surface area contributed by atoms with Crippen LogP contribution in [-0.2, 0) is 4.52 Å². The average molecular weight is 417 g/mol. The Hall–Kier alpha value is -3.47. The van der Waals surface area contributed by atoms with Gasteiger partial charge in [0.2, 0.25) is 17.3 Å². The molecule has 3 aromatic rings. The summed E-state index contributed by atoms with van der Waals surface area (Å²) in [4.78, 5) is 40.0. The molecule has 30 heavy (non-hydrogen) atoms. The van der Waals surface area contributed by atoms with Crippen molar-refractivity contribution in [3.8, 4) is 5.75 Å². The molecule has 1 aliphatic carbocycles. The van der Waals surface area contributed by atoms with Crippen LogP contribution in [0.4, 0.5) is 0 Å². The smallest absolute Gasteiger partial charge is 0.359 e. The van der Waals surface area contributed by atoms with Crippen LogP contribution in [0.2, 0.25) is 0 Å². The van der Waals surface area contributed by atoms with Gasteiger partial charge in [0.1, 0.15) is 5.70 Å². The van der Waals surface area contributed by atoms with E-state index >= 15 is 0 Å². The van der Waals surface area contributed by atoms with Crippen LogP contribution in [-0.4, -0.2) is 11.6 Å². The molecule has 1 N–H and O–H groups in total. The van der Waals surface area contributed by atoms with Crippen molar-refractivity contribution in [2.45, 2.75) is 5.78 Å². The summed E-state index contributed by atoms with van der Waals surface area (Å²) in [5, 5.41) is 3.00. The van der Waals surface area contributed by atoms with Crippen LogP contribution in [0, 0.1) is 0 Å². The fourth-order valence-corrected chi connectivity index (χ4v) is 5.48. The van der Waals surface area contributed by atoms with Crippen LogP contribution in [0.5, 0.6) is 5.75 Å². The van der Waals surface area contributed by atoms with Gasteiger partial charge in [0.25, 0.3) is 5.76 Å². The summed E-state index contributed by atoms with van der Waals surface area (Å²) in [6, 6.07) is 24.0. The van der Waals surface area contributed by atoms with E-state index in [-0.39, 0.29) is 28.4 Å². The Morgan fingerprint density at radius 3 is 2.03 bits per heavy atom. The molecule has 1 heterocycles. The molecule has 0 saturated carbocycles. The van der Waals surface area contributed by atoms with Crippen molar-refractivity contribution in [2.75, 3.05) is 0 Å². The summed E-state index contributed by atoms with van der Waals surface area (Å²) in [6.45, 7) is 0. The Bertz CT molecular complexity index is 1180. The molecule has 0 saturated heterocycles. The molecule has 0 spiro atoms. The summed E-state index contributed by atoms with van der Waals surface area (Å²) in [6.07, 6.45) is 0. The minimum atomic E-state index is -3.97. The summed E-state index contributed by atoms with van der Waals surface area (Å²) in [5.41, 5.74) is 1.11. The molecule has 0 radical (unpaired) electrons. The molecule has 5 rings (SSSR count). The fourth-order valence-electron chi connectivity index (χ4n) is 3.57. The van der Waals surface area contributed by atoms with Crippen LogP contribution >= 0.6 is 7.94 Å². The van der Waals surface area contributed by atoms with E-state index in [4.69, 9.17) is 9.05 Å². The fraction of sp³-hybridized carbons (Fsp3) is 0.0435. The first-order valence-corrected chi connectivity index (χ1v) is 11.0. The second kappa shape index (κ2) is 7.10. The predicted molar refractivity (Wildman–Crippen MR) is 110 cm³/mol. The minimum Gasteiger partial charge on any atom is -0.615 e. The zero-order valence-electron chi connectivity index (χ0n) is 15.6. The highest BCUT2D eigenvalue weighted by atomic mass is 31.2. The van der Waals surface area contributed by atoms with E-state index in [0.29, 0.717) is 11.3 Å². The van der Waals surface area contributed by atoms with Crippen LogP contribution in [0.3, 0.4) is 0 Å². The lowest BCUT2D eigenvalue weighted by atomic mass is 9.91. The number of Topliss-reactive ketones (excluding diaryl/α,β-unsaturated/α-hetero) is 2. The number of hydrogen-bond donors (Lipinski definition) is 1. The molecule has 0 amide bonds. The molecule has 2 aliphatic rings. The van der Waals surface area contributed by atoms with Gasteiger partial charge in [-0.15, -0.1) is 0 Å². The molecule has 2 unspecified atom stereocenters. The lowest BCUT2D eigenvalue weighted by Gasteiger charge is -2.40. The number of ketones is 2.